The Kier molecular flexibility index (Phi) is 9.00. The number of hydrogen-bond acceptors (Lipinski definition) is 5. The average molecular weight is 381 g/mol. The maximum Gasteiger partial charge on any atom is 0.191 e. The van der Waals surface area contributed by atoms with Crippen LogP contribution in [0, 0.1) is 12.8 Å². The van der Waals surface area contributed by atoms with Crippen LogP contribution in [0.2, 0.25) is 0 Å². The lowest BCUT2D eigenvalue weighted by atomic mass is 10.0. The van der Waals surface area contributed by atoms with Gasteiger partial charge in [0, 0.05) is 33.4 Å². The van der Waals surface area contributed by atoms with E-state index in [2.05, 4.69) is 34.7 Å². The first-order valence-electron chi connectivity index (χ1n) is 10.1. The number of guanidine groups is 1. The monoisotopic (exact) mass is 380 g/mol. The Hall–Kier alpha value is -1.67. The van der Waals surface area contributed by atoms with Crippen molar-refractivity contribution in [3.63, 3.8) is 0 Å². The smallest absolute Gasteiger partial charge is 0.191 e. The quantitative estimate of drug-likeness (QED) is 0.475. The molecule has 8 nitrogen and oxygen atoms in total. The minimum absolute atomic E-state index is 0.253. The SMILES string of the molecule is CCOC(CCNC(=NCc1nnc(C)n1C)NCC1CCCO1)C(C)C. The van der Waals surface area contributed by atoms with E-state index in [4.69, 9.17) is 14.5 Å². The summed E-state index contributed by atoms with van der Waals surface area (Å²) in [5.41, 5.74) is 0. The topological polar surface area (TPSA) is 85.6 Å². The molecule has 2 atom stereocenters. The number of ether oxygens (including phenoxy) is 2. The molecular formula is C19H36N6O2. The second kappa shape index (κ2) is 11.2. The third-order valence-electron chi connectivity index (χ3n) is 4.93. The summed E-state index contributed by atoms with van der Waals surface area (Å²) in [6, 6.07) is 0. The van der Waals surface area contributed by atoms with E-state index >= 15 is 0 Å². The molecule has 0 saturated carbocycles. The third-order valence-corrected chi connectivity index (χ3v) is 4.93. The van der Waals surface area contributed by atoms with Crippen molar-refractivity contribution in [2.45, 2.75) is 65.7 Å². The van der Waals surface area contributed by atoms with Gasteiger partial charge in [0.05, 0.1) is 12.2 Å². The maximum absolute atomic E-state index is 5.83. The molecule has 1 aliphatic rings. The summed E-state index contributed by atoms with van der Waals surface area (Å²) in [7, 11) is 1.96. The Morgan fingerprint density at radius 3 is 2.78 bits per heavy atom. The number of nitrogens with zero attached hydrogens (tertiary/aromatic N) is 4. The minimum atomic E-state index is 0.253. The molecule has 0 amide bonds. The highest BCUT2D eigenvalue weighted by Crippen LogP contribution is 2.11. The van der Waals surface area contributed by atoms with Crippen LogP contribution in [0.1, 0.15) is 51.7 Å². The highest BCUT2D eigenvalue weighted by atomic mass is 16.5. The Balaban J connectivity index is 1.91. The van der Waals surface area contributed by atoms with E-state index in [-0.39, 0.29) is 12.2 Å². The molecule has 2 N–H and O–H groups in total. The summed E-state index contributed by atoms with van der Waals surface area (Å²) in [4.78, 5) is 4.69. The van der Waals surface area contributed by atoms with E-state index in [1.807, 2.05) is 25.5 Å². The molecule has 1 aliphatic heterocycles. The molecule has 0 aromatic carbocycles. The number of rotatable bonds is 10. The number of nitrogens with one attached hydrogen (secondary N) is 2. The van der Waals surface area contributed by atoms with Crippen LogP contribution in [-0.4, -0.2) is 59.2 Å². The summed E-state index contributed by atoms with van der Waals surface area (Å²) in [6.45, 7) is 12.0. The van der Waals surface area contributed by atoms with E-state index < -0.39 is 0 Å². The number of aryl methyl sites for hydroxylation is 1. The lowest BCUT2D eigenvalue weighted by molar-refractivity contribution is 0.0258. The molecule has 2 heterocycles. The highest BCUT2D eigenvalue weighted by molar-refractivity contribution is 5.79. The summed E-state index contributed by atoms with van der Waals surface area (Å²) in [5.74, 6) is 3.01. The Morgan fingerprint density at radius 1 is 1.37 bits per heavy atom. The minimum Gasteiger partial charge on any atom is -0.378 e. The van der Waals surface area contributed by atoms with Gasteiger partial charge in [0.2, 0.25) is 0 Å². The van der Waals surface area contributed by atoms with Crippen LogP contribution in [0.3, 0.4) is 0 Å². The Bertz CT molecular complexity index is 581. The van der Waals surface area contributed by atoms with Gasteiger partial charge in [0.15, 0.2) is 11.8 Å². The standard InChI is InChI=1S/C19H36N6O2/c1-6-26-17(14(2)3)9-10-20-19(21-12-16-8-7-11-27-16)22-13-18-24-23-15(4)25(18)5/h14,16-17H,6-13H2,1-5H3,(H2,20,21,22). The molecule has 0 radical (unpaired) electrons. The fraction of sp³-hybridized carbons (Fsp3) is 0.842. The number of aliphatic imine (C=N–C) groups is 1. The third kappa shape index (κ3) is 7.10. The van der Waals surface area contributed by atoms with Crippen molar-refractivity contribution in [3.05, 3.63) is 11.6 Å². The van der Waals surface area contributed by atoms with Gasteiger partial charge in [-0.25, -0.2) is 4.99 Å². The fourth-order valence-corrected chi connectivity index (χ4v) is 3.08. The van der Waals surface area contributed by atoms with Crippen molar-refractivity contribution < 1.29 is 9.47 Å². The fourth-order valence-electron chi connectivity index (χ4n) is 3.08. The number of aromatic nitrogens is 3. The van der Waals surface area contributed by atoms with Crippen LogP contribution in [0.5, 0.6) is 0 Å². The summed E-state index contributed by atoms with van der Waals surface area (Å²) in [6.07, 6.45) is 3.69. The van der Waals surface area contributed by atoms with E-state index in [9.17, 15) is 0 Å². The zero-order valence-electron chi connectivity index (χ0n) is 17.5. The largest absolute Gasteiger partial charge is 0.378 e. The molecule has 0 bridgehead atoms. The molecular weight excluding hydrogens is 344 g/mol. The molecule has 1 aromatic heterocycles. The van der Waals surface area contributed by atoms with Crippen molar-refractivity contribution in [2.24, 2.45) is 18.0 Å². The molecule has 0 spiro atoms. The van der Waals surface area contributed by atoms with E-state index in [1.165, 1.54) is 0 Å². The van der Waals surface area contributed by atoms with Crippen LogP contribution in [-0.2, 0) is 23.1 Å². The van der Waals surface area contributed by atoms with Gasteiger partial charge in [-0.3, -0.25) is 0 Å². The second-order valence-corrected chi connectivity index (χ2v) is 7.36. The van der Waals surface area contributed by atoms with Gasteiger partial charge < -0.3 is 24.7 Å². The first-order valence-corrected chi connectivity index (χ1v) is 10.1. The predicted molar refractivity (Wildman–Crippen MR) is 107 cm³/mol. The Morgan fingerprint density at radius 2 is 2.19 bits per heavy atom. The highest BCUT2D eigenvalue weighted by Gasteiger charge is 2.17. The van der Waals surface area contributed by atoms with Gasteiger partial charge in [-0.05, 0) is 39.0 Å². The average Bonchev–Trinajstić information content (AvgIpc) is 3.27. The van der Waals surface area contributed by atoms with Crippen molar-refractivity contribution in [2.75, 3.05) is 26.3 Å². The molecule has 1 fully saturated rings. The molecule has 1 saturated heterocycles. The van der Waals surface area contributed by atoms with Gasteiger partial charge in [-0.2, -0.15) is 0 Å². The summed E-state index contributed by atoms with van der Waals surface area (Å²) in [5, 5.41) is 15.1. The Labute approximate surface area is 163 Å². The van der Waals surface area contributed by atoms with Crippen molar-refractivity contribution >= 4 is 5.96 Å². The summed E-state index contributed by atoms with van der Waals surface area (Å²) < 4.78 is 13.5. The zero-order valence-corrected chi connectivity index (χ0v) is 17.5. The van der Waals surface area contributed by atoms with Crippen molar-refractivity contribution in [1.82, 2.24) is 25.4 Å². The molecule has 154 valence electrons. The zero-order chi connectivity index (χ0) is 19.6. The summed E-state index contributed by atoms with van der Waals surface area (Å²) >= 11 is 0. The van der Waals surface area contributed by atoms with E-state index in [1.54, 1.807) is 0 Å². The molecule has 2 rings (SSSR count). The van der Waals surface area contributed by atoms with Gasteiger partial charge in [-0.1, -0.05) is 13.8 Å². The molecule has 8 heteroatoms. The van der Waals surface area contributed by atoms with Crippen molar-refractivity contribution in [1.29, 1.82) is 0 Å². The lowest BCUT2D eigenvalue weighted by Crippen LogP contribution is -2.42. The molecule has 0 aliphatic carbocycles. The predicted octanol–water partition coefficient (Wildman–Crippen LogP) is 1.79. The maximum atomic E-state index is 5.83. The van der Waals surface area contributed by atoms with Crippen LogP contribution in [0.4, 0.5) is 0 Å². The van der Waals surface area contributed by atoms with Crippen molar-refractivity contribution in [3.8, 4) is 0 Å². The van der Waals surface area contributed by atoms with Gasteiger partial charge in [0.1, 0.15) is 12.4 Å². The molecule has 1 aromatic rings. The van der Waals surface area contributed by atoms with Gasteiger partial charge in [0.25, 0.3) is 0 Å². The van der Waals surface area contributed by atoms with Crippen LogP contribution < -0.4 is 10.6 Å². The normalized spacial score (nSPS) is 18.9. The van der Waals surface area contributed by atoms with Crippen LogP contribution in [0.25, 0.3) is 0 Å². The molecule has 2 unspecified atom stereocenters. The van der Waals surface area contributed by atoms with E-state index in [0.717, 1.165) is 63.2 Å². The number of hydrogen-bond donors (Lipinski definition) is 2. The van der Waals surface area contributed by atoms with E-state index in [0.29, 0.717) is 12.5 Å². The van der Waals surface area contributed by atoms with Gasteiger partial charge in [-0.15, -0.1) is 10.2 Å². The van der Waals surface area contributed by atoms with Crippen LogP contribution >= 0.6 is 0 Å². The van der Waals surface area contributed by atoms with Crippen LogP contribution in [0.15, 0.2) is 4.99 Å². The van der Waals surface area contributed by atoms with Gasteiger partial charge >= 0.3 is 0 Å². The first kappa shape index (κ1) is 21.6. The molecule has 27 heavy (non-hydrogen) atoms. The lowest BCUT2D eigenvalue weighted by Gasteiger charge is -2.22. The second-order valence-electron chi connectivity index (χ2n) is 7.36. The first-order chi connectivity index (χ1) is 13.0.